The molecule has 0 spiro atoms. The van der Waals surface area contributed by atoms with Crippen molar-refractivity contribution in [3.05, 3.63) is 129 Å². The summed E-state index contributed by atoms with van der Waals surface area (Å²) in [4.78, 5) is 0. The van der Waals surface area contributed by atoms with E-state index in [9.17, 15) is 36.9 Å². The Labute approximate surface area is 236 Å². The van der Waals surface area contributed by atoms with Gasteiger partial charge in [0.2, 0.25) is 0 Å². The van der Waals surface area contributed by atoms with Crippen molar-refractivity contribution in [2.75, 3.05) is 0 Å². The Balaban J connectivity index is 1.51. The van der Waals surface area contributed by atoms with E-state index in [0.29, 0.717) is 54.9 Å². The van der Waals surface area contributed by atoms with Gasteiger partial charge in [-0.2, -0.15) is 36.9 Å². The Morgan fingerprint density at radius 1 is 0.429 bits per heavy atom. The first-order valence-electron chi connectivity index (χ1n) is 12.5. The number of hydrogen-bond donors (Lipinski definition) is 0. The van der Waals surface area contributed by atoms with Crippen molar-refractivity contribution in [2.24, 2.45) is 0 Å². The van der Waals surface area contributed by atoms with Crippen LogP contribution in [0.25, 0.3) is 45.8 Å². The van der Waals surface area contributed by atoms with Crippen LogP contribution in [-0.2, 0) is 12.4 Å². The summed E-state index contributed by atoms with van der Waals surface area (Å²) in [5.41, 5.74) is 1.77. The molecule has 0 aliphatic carbocycles. The predicted molar refractivity (Wildman–Crippen MR) is 152 cm³/mol. The molecule has 42 heavy (non-hydrogen) atoms. The van der Waals surface area contributed by atoms with Crippen LogP contribution >= 0.6 is 0 Å². The van der Waals surface area contributed by atoms with Gasteiger partial charge in [0.15, 0.2) is 0 Å². The minimum atomic E-state index is -4.42. The third-order valence-corrected chi connectivity index (χ3v) is 6.80. The minimum Gasteiger partial charge on any atom is -0.192 e. The van der Waals surface area contributed by atoms with E-state index >= 15 is 0 Å². The number of halogens is 6. The number of fused-ring (bicyclic) bond motifs is 2. The van der Waals surface area contributed by atoms with Gasteiger partial charge in [0.05, 0.1) is 22.3 Å². The SMILES string of the molecule is N#Cc1c2ccc(/C=C/c3ccc(C(F)(F)F)cc3)cc2c(C#N)c2ccc(/C=C/c3ccc(C(F)(F)F)cc3)cc12. The topological polar surface area (TPSA) is 47.6 Å². The van der Waals surface area contributed by atoms with E-state index in [1.54, 1.807) is 60.7 Å². The average molecular weight is 569 g/mol. The molecule has 0 heterocycles. The van der Waals surface area contributed by atoms with Crippen LogP contribution in [0.5, 0.6) is 0 Å². The van der Waals surface area contributed by atoms with Gasteiger partial charge in [-0.15, -0.1) is 0 Å². The molecule has 0 unspecified atom stereocenters. The highest BCUT2D eigenvalue weighted by molar-refractivity contribution is 6.10. The largest absolute Gasteiger partial charge is 0.416 e. The highest BCUT2D eigenvalue weighted by atomic mass is 19.4. The Morgan fingerprint density at radius 3 is 1.05 bits per heavy atom. The van der Waals surface area contributed by atoms with Crippen molar-refractivity contribution in [3.8, 4) is 12.1 Å². The van der Waals surface area contributed by atoms with Gasteiger partial charge in [0.25, 0.3) is 0 Å². The molecule has 0 radical (unpaired) electrons. The lowest BCUT2D eigenvalue weighted by molar-refractivity contribution is -0.138. The smallest absolute Gasteiger partial charge is 0.192 e. The second-order valence-electron chi connectivity index (χ2n) is 9.49. The van der Waals surface area contributed by atoms with Crippen molar-refractivity contribution in [2.45, 2.75) is 12.4 Å². The molecular weight excluding hydrogens is 550 g/mol. The molecule has 2 nitrogen and oxygen atoms in total. The normalized spacial score (nSPS) is 12.3. The van der Waals surface area contributed by atoms with Crippen molar-refractivity contribution in [1.82, 2.24) is 0 Å². The number of rotatable bonds is 4. The molecule has 0 aliphatic heterocycles. The van der Waals surface area contributed by atoms with Crippen molar-refractivity contribution < 1.29 is 26.3 Å². The van der Waals surface area contributed by atoms with Gasteiger partial charge < -0.3 is 0 Å². The van der Waals surface area contributed by atoms with E-state index in [2.05, 4.69) is 12.1 Å². The first kappa shape index (κ1) is 28.2. The van der Waals surface area contributed by atoms with Gasteiger partial charge in [-0.1, -0.05) is 72.8 Å². The fraction of sp³-hybridized carbons (Fsp3) is 0.0588. The molecule has 5 aromatic rings. The lowest BCUT2D eigenvalue weighted by atomic mass is 9.90. The fourth-order valence-corrected chi connectivity index (χ4v) is 4.66. The van der Waals surface area contributed by atoms with Gasteiger partial charge in [0, 0.05) is 21.5 Å². The molecule has 8 heteroatoms. The van der Waals surface area contributed by atoms with Gasteiger partial charge in [-0.3, -0.25) is 0 Å². The summed E-state index contributed by atoms with van der Waals surface area (Å²) in [5, 5.41) is 22.4. The van der Waals surface area contributed by atoms with Crippen molar-refractivity contribution in [3.63, 3.8) is 0 Å². The van der Waals surface area contributed by atoms with Crippen LogP contribution < -0.4 is 0 Å². The number of nitrogens with zero attached hydrogens (tertiary/aromatic N) is 2. The molecule has 0 N–H and O–H groups in total. The first-order chi connectivity index (χ1) is 20.0. The summed E-state index contributed by atoms with van der Waals surface area (Å²) >= 11 is 0. The van der Waals surface area contributed by atoms with E-state index in [-0.39, 0.29) is 0 Å². The zero-order valence-electron chi connectivity index (χ0n) is 21.6. The third kappa shape index (κ3) is 5.75. The fourth-order valence-electron chi connectivity index (χ4n) is 4.66. The Morgan fingerprint density at radius 2 is 0.738 bits per heavy atom. The Hall–Kier alpha value is -5.34. The van der Waals surface area contributed by atoms with Crippen LogP contribution in [-0.4, -0.2) is 0 Å². The van der Waals surface area contributed by atoms with E-state index in [0.717, 1.165) is 24.3 Å². The summed E-state index contributed by atoms with van der Waals surface area (Å²) in [7, 11) is 0. The van der Waals surface area contributed by atoms with E-state index in [1.165, 1.54) is 24.3 Å². The number of hydrogen-bond acceptors (Lipinski definition) is 2. The van der Waals surface area contributed by atoms with Crippen molar-refractivity contribution >= 4 is 45.8 Å². The van der Waals surface area contributed by atoms with Crippen LogP contribution in [0.3, 0.4) is 0 Å². The van der Waals surface area contributed by atoms with Crippen molar-refractivity contribution in [1.29, 1.82) is 10.5 Å². The molecule has 0 aliphatic rings. The average Bonchev–Trinajstić information content (AvgIpc) is 2.97. The van der Waals surface area contributed by atoms with Crippen LogP contribution in [0.15, 0.2) is 84.9 Å². The van der Waals surface area contributed by atoms with E-state index < -0.39 is 23.5 Å². The molecule has 0 saturated heterocycles. The van der Waals surface area contributed by atoms with Gasteiger partial charge in [0.1, 0.15) is 12.1 Å². The molecule has 0 aromatic heterocycles. The maximum absolute atomic E-state index is 12.8. The molecule has 0 saturated carbocycles. The molecular formula is C34H18F6N2. The lowest BCUT2D eigenvalue weighted by Crippen LogP contribution is -2.03. The zero-order chi connectivity index (χ0) is 30.1. The summed E-state index contributed by atoms with van der Waals surface area (Å²) < 4.78 is 77.0. The summed E-state index contributed by atoms with van der Waals surface area (Å²) in [6, 6.07) is 24.4. The minimum absolute atomic E-state index is 0.363. The highest BCUT2D eigenvalue weighted by Crippen LogP contribution is 2.35. The van der Waals surface area contributed by atoms with Gasteiger partial charge in [-0.25, -0.2) is 0 Å². The Bertz CT molecular complexity index is 1800. The summed E-state index contributed by atoms with van der Waals surface area (Å²) in [6.45, 7) is 0. The van der Waals surface area contributed by atoms with E-state index in [1.807, 2.05) is 0 Å². The number of benzene rings is 5. The van der Waals surface area contributed by atoms with Gasteiger partial charge in [-0.05, 0) is 58.7 Å². The standard InChI is InChI=1S/C34H18F6N2/c35-33(36,37)25-11-5-21(6-12-25)1-3-23-9-15-27-29(17-23)31(19-41)28-16-10-24(18-30(28)32(27)20-42)4-2-22-7-13-26(14-8-22)34(38,39)40/h1-18H/b3-1+,4-2+. The monoisotopic (exact) mass is 568 g/mol. The first-order valence-corrected chi connectivity index (χ1v) is 12.5. The van der Waals surface area contributed by atoms with Crippen LogP contribution in [0, 0.1) is 22.7 Å². The maximum Gasteiger partial charge on any atom is 0.416 e. The molecule has 206 valence electrons. The molecule has 0 bridgehead atoms. The van der Waals surface area contributed by atoms with Gasteiger partial charge >= 0.3 is 12.4 Å². The van der Waals surface area contributed by atoms with Crippen LogP contribution in [0.4, 0.5) is 26.3 Å². The third-order valence-electron chi connectivity index (χ3n) is 6.80. The van der Waals surface area contributed by atoms with E-state index in [4.69, 9.17) is 0 Å². The molecule has 5 rings (SSSR count). The second-order valence-corrected chi connectivity index (χ2v) is 9.49. The highest BCUT2D eigenvalue weighted by Gasteiger charge is 2.30. The summed E-state index contributed by atoms with van der Waals surface area (Å²) in [5.74, 6) is 0. The predicted octanol–water partition coefficient (Wildman–Crippen LogP) is 10.1. The van der Waals surface area contributed by atoms with Crippen LogP contribution in [0.2, 0.25) is 0 Å². The molecule has 5 aromatic carbocycles. The summed E-state index contributed by atoms with van der Waals surface area (Å²) in [6.07, 6.45) is -2.08. The second kappa shape index (κ2) is 10.9. The Kier molecular flexibility index (Phi) is 7.33. The van der Waals surface area contributed by atoms with Crippen LogP contribution in [0.1, 0.15) is 44.5 Å². The molecule has 0 atom stereocenters. The zero-order valence-corrected chi connectivity index (χ0v) is 21.6. The lowest BCUT2D eigenvalue weighted by Gasteiger charge is -2.11. The molecule has 0 amide bonds. The quantitative estimate of drug-likeness (QED) is 0.123. The maximum atomic E-state index is 12.8. The number of nitriles is 2. The number of alkyl halides is 6. The molecule has 0 fully saturated rings.